The summed E-state index contributed by atoms with van der Waals surface area (Å²) in [7, 11) is 0. The number of halogens is 1. The van der Waals surface area contributed by atoms with Gasteiger partial charge < -0.3 is 15.0 Å². The normalized spacial score (nSPS) is 14.6. The van der Waals surface area contributed by atoms with E-state index in [-0.39, 0.29) is 18.6 Å². The minimum absolute atomic E-state index is 0.0428. The van der Waals surface area contributed by atoms with E-state index in [1.54, 1.807) is 11.3 Å². The molecular weight excluding hydrogens is 406 g/mol. The summed E-state index contributed by atoms with van der Waals surface area (Å²) in [5, 5.41) is 6.90. The first-order valence-electron chi connectivity index (χ1n) is 9.61. The lowest BCUT2D eigenvalue weighted by Crippen LogP contribution is -2.46. The fourth-order valence-electron chi connectivity index (χ4n) is 3.31. The molecule has 0 radical (unpaired) electrons. The summed E-state index contributed by atoms with van der Waals surface area (Å²) in [6.45, 7) is 1.79. The third kappa shape index (κ3) is 5.28. The molecule has 29 heavy (non-hydrogen) atoms. The van der Waals surface area contributed by atoms with Gasteiger partial charge in [-0.15, -0.1) is 11.3 Å². The molecule has 1 aliphatic rings. The van der Waals surface area contributed by atoms with Gasteiger partial charge in [0.25, 0.3) is 5.91 Å². The number of aromatic nitrogens is 1. The van der Waals surface area contributed by atoms with Crippen LogP contribution in [0.4, 0.5) is 5.13 Å². The van der Waals surface area contributed by atoms with E-state index in [1.165, 1.54) is 0 Å². The van der Waals surface area contributed by atoms with E-state index in [0.29, 0.717) is 5.75 Å². The SMILES string of the molecule is O=C(COc1ccccc1)NC1CCN(c2nc(-c3ccc(Cl)cc3)cs2)CC1. The number of benzene rings is 2. The highest BCUT2D eigenvalue weighted by Gasteiger charge is 2.22. The fraction of sp³-hybridized carbons (Fsp3) is 0.273. The fourth-order valence-corrected chi connectivity index (χ4v) is 4.33. The highest BCUT2D eigenvalue weighted by Crippen LogP contribution is 2.29. The molecule has 150 valence electrons. The van der Waals surface area contributed by atoms with E-state index in [9.17, 15) is 4.79 Å². The number of amides is 1. The lowest BCUT2D eigenvalue weighted by Gasteiger charge is -2.32. The van der Waals surface area contributed by atoms with Crippen LogP contribution in [-0.4, -0.2) is 36.6 Å². The number of anilines is 1. The summed E-state index contributed by atoms with van der Waals surface area (Å²) in [5.74, 6) is 0.629. The Balaban J connectivity index is 1.25. The Kier molecular flexibility index (Phi) is 6.32. The quantitative estimate of drug-likeness (QED) is 0.623. The topological polar surface area (TPSA) is 54.5 Å². The highest BCUT2D eigenvalue weighted by molar-refractivity contribution is 7.14. The van der Waals surface area contributed by atoms with Gasteiger partial charge in [-0.1, -0.05) is 41.9 Å². The second-order valence-electron chi connectivity index (χ2n) is 6.95. The molecule has 2 heterocycles. The molecule has 7 heteroatoms. The van der Waals surface area contributed by atoms with Gasteiger partial charge in [0.2, 0.25) is 0 Å². The highest BCUT2D eigenvalue weighted by atomic mass is 35.5. The summed E-state index contributed by atoms with van der Waals surface area (Å²) in [5.41, 5.74) is 2.03. The molecule has 1 amide bonds. The van der Waals surface area contributed by atoms with Crippen LogP contribution < -0.4 is 15.0 Å². The van der Waals surface area contributed by atoms with Crippen molar-refractivity contribution in [1.82, 2.24) is 10.3 Å². The second kappa shape index (κ2) is 9.29. The Morgan fingerprint density at radius 1 is 1.14 bits per heavy atom. The van der Waals surface area contributed by atoms with E-state index in [2.05, 4.69) is 15.6 Å². The molecule has 3 aromatic rings. The molecule has 1 aliphatic heterocycles. The number of rotatable bonds is 6. The molecule has 1 aromatic heterocycles. The minimum atomic E-state index is -0.0772. The van der Waals surface area contributed by atoms with Crippen LogP contribution in [-0.2, 0) is 4.79 Å². The largest absolute Gasteiger partial charge is 0.484 e. The van der Waals surface area contributed by atoms with Crippen molar-refractivity contribution in [2.45, 2.75) is 18.9 Å². The van der Waals surface area contributed by atoms with Gasteiger partial charge in [-0.2, -0.15) is 0 Å². The Morgan fingerprint density at radius 3 is 2.59 bits per heavy atom. The van der Waals surface area contributed by atoms with E-state index in [4.69, 9.17) is 21.3 Å². The average molecular weight is 428 g/mol. The van der Waals surface area contributed by atoms with Crippen molar-refractivity contribution < 1.29 is 9.53 Å². The molecule has 1 fully saturated rings. The Morgan fingerprint density at radius 2 is 1.86 bits per heavy atom. The number of hydrogen-bond acceptors (Lipinski definition) is 5. The van der Waals surface area contributed by atoms with Crippen LogP contribution in [0.5, 0.6) is 5.75 Å². The summed E-state index contributed by atoms with van der Waals surface area (Å²) in [6.07, 6.45) is 1.79. The van der Waals surface area contributed by atoms with Gasteiger partial charge in [0, 0.05) is 35.1 Å². The molecule has 0 spiro atoms. The molecule has 0 saturated carbocycles. The number of piperidine rings is 1. The predicted molar refractivity (Wildman–Crippen MR) is 118 cm³/mol. The molecule has 0 aliphatic carbocycles. The van der Waals surface area contributed by atoms with Gasteiger partial charge in [0.1, 0.15) is 5.75 Å². The monoisotopic (exact) mass is 427 g/mol. The Hall–Kier alpha value is -2.57. The number of hydrogen-bond donors (Lipinski definition) is 1. The molecule has 2 aromatic carbocycles. The predicted octanol–water partition coefficient (Wildman–Crippen LogP) is 4.63. The molecule has 4 rings (SSSR count). The third-order valence-electron chi connectivity index (χ3n) is 4.88. The van der Waals surface area contributed by atoms with Crippen LogP contribution in [0, 0.1) is 0 Å². The number of carbonyl (C=O) groups is 1. The van der Waals surface area contributed by atoms with Crippen molar-refractivity contribution in [3.05, 3.63) is 65.0 Å². The number of para-hydroxylation sites is 1. The van der Waals surface area contributed by atoms with E-state index in [1.807, 2.05) is 54.6 Å². The minimum Gasteiger partial charge on any atom is -0.484 e. The van der Waals surface area contributed by atoms with Gasteiger partial charge >= 0.3 is 0 Å². The number of ether oxygens (including phenoxy) is 1. The van der Waals surface area contributed by atoms with Crippen molar-refractivity contribution >= 4 is 34.0 Å². The number of thiazole rings is 1. The molecule has 0 unspecified atom stereocenters. The molecule has 1 saturated heterocycles. The summed E-state index contributed by atoms with van der Waals surface area (Å²) >= 11 is 7.61. The van der Waals surface area contributed by atoms with Gasteiger partial charge in [-0.25, -0.2) is 4.98 Å². The van der Waals surface area contributed by atoms with Gasteiger partial charge in [-0.3, -0.25) is 4.79 Å². The Bertz CT molecular complexity index is 938. The van der Waals surface area contributed by atoms with E-state index < -0.39 is 0 Å². The third-order valence-corrected chi connectivity index (χ3v) is 6.03. The maximum Gasteiger partial charge on any atom is 0.258 e. The van der Waals surface area contributed by atoms with Crippen molar-refractivity contribution in [2.75, 3.05) is 24.6 Å². The van der Waals surface area contributed by atoms with Crippen molar-refractivity contribution in [2.24, 2.45) is 0 Å². The zero-order valence-electron chi connectivity index (χ0n) is 15.9. The zero-order valence-corrected chi connectivity index (χ0v) is 17.5. The first kappa shape index (κ1) is 19.7. The van der Waals surface area contributed by atoms with Crippen LogP contribution in [0.15, 0.2) is 60.0 Å². The lowest BCUT2D eigenvalue weighted by atomic mass is 10.1. The lowest BCUT2D eigenvalue weighted by molar-refractivity contribution is -0.123. The average Bonchev–Trinajstić information content (AvgIpc) is 3.24. The van der Waals surface area contributed by atoms with Crippen molar-refractivity contribution in [1.29, 1.82) is 0 Å². The maximum atomic E-state index is 12.2. The number of carbonyl (C=O) groups excluding carboxylic acids is 1. The smallest absolute Gasteiger partial charge is 0.258 e. The molecular formula is C22H22ClN3O2S. The van der Waals surface area contributed by atoms with Gasteiger partial charge in [0.15, 0.2) is 11.7 Å². The van der Waals surface area contributed by atoms with Crippen LogP contribution in [0.2, 0.25) is 5.02 Å². The first-order valence-corrected chi connectivity index (χ1v) is 10.9. The van der Waals surface area contributed by atoms with Crippen LogP contribution >= 0.6 is 22.9 Å². The maximum absolute atomic E-state index is 12.2. The molecule has 1 N–H and O–H groups in total. The standard InChI is InChI=1S/C22H22ClN3O2S/c23-17-8-6-16(7-9-17)20-15-29-22(25-20)26-12-10-18(11-13-26)24-21(27)14-28-19-4-2-1-3-5-19/h1-9,15,18H,10-14H2,(H,24,27). The molecule has 0 bridgehead atoms. The van der Waals surface area contributed by atoms with E-state index in [0.717, 1.165) is 47.3 Å². The van der Waals surface area contributed by atoms with Crippen LogP contribution in [0.3, 0.4) is 0 Å². The van der Waals surface area contributed by atoms with Gasteiger partial charge in [0.05, 0.1) is 5.69 Å². The van der Waals surface area contributed by atoms with Crippen molar-refractivity contribution in [3.8, 4) is 17.0 Å². The number of nitrogens with one attached hydrogen (secondary N) is 1. The summed E-state index contributed by atoms with van der Waals surface area (Å²) in [4.78, 5) is 19.2. The number of nitrogens with zero attached hydrogens (tertiary/aromatic N) is 2. The zero-order chi connectivity index (χ0) is 20.1. The van der Waals surface area contributed by atoms with Crippen LogP contribution in [0.25, 0.3) is 11.3 Å². The van der Waals surface area contributed by atoms with Crippen molar-refractivity contribution in [3.63, 3.8) is 0 Å². The van der Waals surface area contributed by atoms with E-state index >= 15 is 0 Å². The summed E-state index contributed by atoms with van der Waals surface area (Å²) < 4.78 is 5.51. The van der Waals surface area contributed by atoms with Crippen LogP contribution in [0.1, 0.15) is 12.8 Å². The Labute approximate surface area is 179 Å². The molecule has 0 atom stereocenters. The molecule has 5 nitrogen and oxygen atoms in total. The van der Waals surface area contributed by atoms with Gasteiger partial charge in [-0.05, 0) is 37.1 Å². The first-order chi connectivity index (χ1) is 14.2. The summed E-state index contributed by atoms with van der Waals surface area (Å²) in [6, 6.07) is 17.3. The second-order valence-corrected chi connectivity index (χ2v) is 8.23.